The van der Waals surface area contributed by atoms with Crippen molar-refractivity contribution < 1.29 is 9.34 Å². The van der Waals surface area contributed by atoms with Crippen LogP contribution >= 0.6 is 0 Å². The maximum absolute atomic E-state index is 10.7. The Balaban J connectivity index is 1.48. The Bertz CT molecular complexity index is 899. The first-order chi connectivity index (χ1) is 12.1. The lowest BCUT2D eigenvalue weighted by atomic mass is 9.98. The van der Waals surface area contributed by atoms with E-state index >= 15 is 0 Å². The molecule has 0 radical (unpaired) electrons. The molecule has 128 valence electrons. The SMILES string of the molecule is CC1CN(Cc2coc(-c3ccc([N+](=O)[O-])cc3)n2)Cc2cn[nH]c21. The van der Waals surface area contributed by atoms with E-state index < -0.39 is 4.92 Å². The molecule has 0 aliphatic carbocycles. The molecule has 8 nitrogen and oxygen atoms in total. The molecule has 1 aliphatic rings. The van der Waals surface area contributed by atoms with Gasteiger partial charge in [0.15, 0.2) is 0 Å². The molecule has 1 atom stereocenters. The summed E-state index contributed by atoms with van der Waals surface area (Å²) in [4.78, 5) is 17.1. The molecule has 0 fully saturated rings. The molecular formula is C17H17N5O3. The second-order valence-corrected chi connectivity index (χ2v) is 6.33. The highest BCUT2D eigenvalue weighted by atomic mass is 16.6. The summed E-state index contributed by atoms with van der Waals surface area (Å²) >= 11 is 0. The van der Waals surface area contributed by atoms with Gasteiger partial charge in [0.2, 0.25) is 5.89 Å². The molecule has 1 unspecified atom stereocenters. The van der Waals surface area contributed by atoms with Crippen molar-refractivity contribution in [2.24, 2.45) is 0 Å². The van der Waals surface area contributed by atoms with E-state index in [0.717, 1.165) is 24.3 Å². The molecule has 0 saturated heterocycles. The minimum atomic E-state index is -0.424. The van der Waals surface area contributed by atoms with E-state index in [4.69, 9.17) is 4.42 Å². The smallest absolute Gasteiger partial charge is 0.269 e. The van der Waals surface area contributed by atoms with E-state index in [1.54, 1.807) is 18.4 Å². The minimum absolute atomic E-state index is 0.0498. The number of hydrogen-bond acceptors (Lipinski definition) is 6. The maximum atomic E-state index is 10.7. The number of aromatic nitrogens is 3. The van der Waals surface area contributed by atoms with Crippen LogP contribution in [0.2, 0.25) is 0 Å². The van der Waals surface area contributed by atoms with E-state index in [2.05, 4.69) is 27.0 Å². The van der Waals surface area contributed by atoms with Crippen LogP contribution in [0.1, 0.15) is 29.8 Å². The summed E-state index contributed by atoms with van der Waals surface area (Å²) in [7, 11) is 0. The summed E-state index contributed by atoms with van der Waals surface area (Å²) < 4.78 is 5.55. The number of nitro benzene ring substituents is 1. The predicted molar refractivity (Wildman–Crippen MR) is 89.7 cm³/mol. The quantitative estimate of drug-likeness (QED) is 0.579. The molecule has 8 heteroatoms. The van der Waals surface area contributed by atoms with Crippen LogP contribution in [0.4, 0.5) is 5.69 Å². The topological polar surface area (TPSA) is 101 Å². The second-order valence-electron chi connectivity index (χ2n) is 6.33. The summed E-state index contributed by atoms with van der Waals surface area (Å²) in [5, 5.41) is 17.9. The number of oxazole rings is 1. The molecule has 0 amide bonds. The number of nitrogens with zero attached hydrogens (tertiary/aromatic N) is 4. The summed E-state index contributed by atoms with van der Waals surface area (Å²) in [6, 6.07) is 6.20. The van der Waals surface area contributed by atoms with Gasteiger partial charge in [-0.1, -0.05) is 6.92 Å². The summed E-state index contributed by atoms with van der Waals surface area (Å²) in [6.07, 6.45) is 3.52. The Kier molecular flexibility index (Phi) is 3.81. The van der Waals surface area contributed by atoms with Gasteiger partial charge in [-0.3, -0.25) is 20.1 Å². The molecule has 0 bridgehead atoms. The van der Waals surface area contributed by atoms with Crippen molar-refractivity contribution in [3.05, 3.63) is 63.8 Å². The first kappa shape index (κ1) is 15.5. The molecule has 25 heavy (non-hydrogen) atoms. The third-order valence-electron chi connectivity index (χ3n) is 4.43. The predicted octanol–water partition coefficient (Wildman–Crippen LogP) is 3.09. The molecule has 1 N–H and O–H groups in total. The molecule has 1 aliphatic heterocycles. The fourth-order valence-electron chi connectivity index (χ4n) is 3.25. The molecular weight excluding hydrogens is 322 g/mol. The van der Waals surface area contributed by atoms with Crippen LogP contribution in [-0.2, 0) is 13.1 Å². The molecule has 2 aromatic heterocycles. The molecule has 1 aromatic carbocycles. The Morgan fingerprint density at radius 3 is 2.96 bits per heavy atom. The van der Waals surface area contributed by atoms with Crippen LogP contribution < -0.4 is 0 Å². The number of nitrogens with one attached hydrogen (secondary N) is 1. The van der Waals surface area contributed by atoms with Gasteiger partial charge in [-0.15, -0.1) is 0 Å². The number of H-pyrrole nitrogens is 1. The number of benzene rings is 1. The fourth-order valence-corrected chi connectivity index (χ4v) is 3.25. The standard InChI is InChI=1S/C17H17N5O3/c1-11-7-21(8-13-6-18-20-16(11)13)9-14-10-25-17(19-14)12-2-4-15(5-3-12)22(23)24/h2-6,10-11H,7-9H2,1H3,(H,18,20). The van der Waals surface area contributed by atoms with Crippen molar-refractivity contribution in [1.82, 2.24) is 20.1 Å². The zero-order valence-corrected chi connectivity index (χ0v) is 13.7. The minimum Gasteiger partial charge on any atom is -0.444 e. The van der Waals surface area contributed by atoms with Crippen LogP contribution in [0.15, 0.2) is 41.1 Å². The van der Waals surface area contributed by atoms with Gasteiger partial charge in [0, 0.05) is 54.5 Å². The van der Waals surface area contributed by atoms with E-state index in [-0.39, 0.29) is 5.69 Å². The first-order valence-electron chi connectivity index (χ1n) is 8.04. The first-order valence-corrected chi connectivity index (χ1v) is 8.04. The average molecular weight is 339 g/mol. The lowest BCUT2D eigenvalue weighted by molar-refractivity contribution is -0.384. The van der Waals surface area contributed by atoms with E-state index in [1.807, 2.05) is 6.20 Å². The zero-order valence-electron chi connectivity index (χ0n) is 13.7. The second kappa shape index (κ2) is 6.14. The van der Waals surface area contributed by atoms with Crippen LogP contribution in [0, 0.1) is 10.1 Å². The fraction of sp³-hybridized carbons (Fsp3) is 0.294. The van der Waals surface area contributed by atoms with E-state index in [9.17, 15) is 10.1 Å². The van der Waals surface area contributed by atoms with Gasteiger partial charge < -0.3 is 4.42 Å². The molecule has 3 aromatic rings. The highest BCUT2D eigenvalue weighted by Crippen LogP contribution is 2.27. The van der Waals surface area contributed by atoms with Gasteiger partial charge in [0.05, 0.1) is 16.8 Å². The Morgan fingerprint density at radius 1 is 1.40 bits per heavy atom. The van der Waals surface area contributed by atoms with Crippen molar-refractivity contribution >= 4 is 5.69 Å². The summed E-state index contributed by atoms with van der Waals surface area (Å²) in [5.41, 5.74) is 4.04. The number of nitro groups is 1. The number of non-ortho nitro benzene ring substituents is 1. The number of hydrogen-bond donors (Lipinski definition) is 1. The highest BCUT2D eigenvalue weighted by molar-refractivity contribution is 5.55. The lowest BCUT2D eigenvalue weighted by Crippen LogP contribution is -2.32. The number of rotatable bonds is 4. The van der Waals surface area contributed by atoms with Gasteiger partial charge >= 0.3 is 0 Å². The van der Waals surface area contributed by atoms with Crippen molar-refractivity contribution in [3.8, 4) is 11.5 Å². The van der Waals surface area contributed by atoms with E-state index in [1.165, 1.54) is 23.4 Å². The Hall–Kier alpha value is -3.00. The van der Waals surface area contributed by atoms with Crippen molar-refractivity contribution in [2.75, 3.05) is 6.54 Å². The largest absolute Gasteiger partial charge is 0.444 e. The van der Waals surface area contributed by atoms with Gasteiger partial charge in [-0.25, -0.2) is 4.98 Å². The number of aromatic amines is 1. The monoisotopic (exact) mass is 339 g/mol. The zero-order chi connectivity index (χ0) is 17.4. The summed E-state index contributed by atoms with van der Waals surface area (Å²) in [6.45, 7) is 4.62. The van der Waals surface area contributed by atoms with Crippen molar-refractivity contribution in [2.45, 2.75) is 25.9 Å². The highest BCUT2D eigenvalue weighted by Gasteiger charge is 2.24. The van der Waals surface area contributed by atoms with Crippen molar-refractivity contribution in [3.63, 3.8) is 0 Å². The third kappa shape index (κ3) is 3.03. The molecule has 4 rings (SSSR count). The summed E-state index contributed by atoms with van der Waals surface area (Å²) in [5.74, 6) is 0.867. The maximum Gasteiger partial charge on any atom is 0.269 e. The molecule has 3 heterocycles. The van der Waals surface area contributed by atoms with Crippen LogP contribution in [-0.4, -0.2) is 31.5 Å². The van der Waals surface area contributed by atoms with Gasteiger partial charge in [-0.2, -0.15) is 5.10 Å². The number of fused-ring (bicyclic) bond motifs is 1. The van der Waals surface area contributed by atoms with Gasteiger partial charge in [-0.05, 0) is 12.1 Å². The van der Waals surface area contributed by atoms with Gasteiger partial charge in [0.25, 0.3) is 5.69 Å². The van der Waals surface area contributed by atoms with Crippen LogP contribution in [0.5, 0.6) is 0 Å². The Labute approximate surface area is 143 Å². The molecule has 0 saturated carbocycles. The average Bonchev–Trinajstić information content (AvgIpc) is 3.24. The van der Waals surface area contributed by atoms with Crippen LogP contribution in [0.25, 0.3) is 11.5 Å². The normalized spacial score (nSPS) is 17.4. The van der Waals surface area contributed by atoms with Gasteiger partial charge in [0.1, 0.15) is 6.26 Å². The lowest BCUT2D eigenvalue weighted by Gasteiger charge is -2.29. The van der Waals surface area contributed by atoms with Crippen molar-refractivity contribution in [1.29, 1.82) is 0 Å². The van der Waals surface area contributed by atoms with E-state index in [0.29, 0.717) is 18.4 Å². The Morgan fingerprint density at radius 2 is 2.20 bits per heavy atom. The third-order valence-corrected chi connectivity index (χ3v) is 4.43. The van der Waals surface area contributed by atoms with Crippen LogP contribution in [0.3, 0.4) is 0 Å². The molecule has 0 spiro atoms.